The number of nitrogens with one attached hydrogen (secondary N) is 1. The third-order valence-corrected chi connectivity index (χ3v) is 3.43. The summed E-state index contributed by atoms with van der Waals surface area (Å²) in [5, 5.41) is 7.72. The van der Waals surface area contributed by atoms with Crippen molar-refractivity contribution in [3.8, 4) is 5.75 Å². The van der Waals surface area contributed by atoms with Crippen LogP contribution in [0.25, 0.3) is 0 Å². The average Bonchev–Trinajstić information content (AvgIpc) is 2.90. The van der Waals surface area contributed by atoms with Crippen LogP contribution in [0.3, 0.4) is 0 Å². The minimum absolute atomic E-state index is 0.239. The predicted octanol–water partition coefficient (Wildman–Crippen LogP) is 2.50. The summed E-state index contributed by atoms with van der Waals surface area (Å²) >= 11 is 0. The summed E-state index contributed by atoms with van der Waals surface area (Å²) in [5.41, 5.74) is 1.25. The quantitative estimate of drug-likeness (QED) is 0.811. The minimum Gasteiger partial charge on any atom is -0.494 e. The Morgan fingerprint density at radius 1 is 1.24 bits per heavy atom. The Bertz CT molecular complexity index is 535. The fraction of sp³-hybridized carbons (Fsp3) is 0.500. The number of ether oxygens (including phenoxy) is 1. The highest BCUT2D eigenvalue weighted by Gasteiger charge is 2.14. The first-order chi connectivity index (χ1) is 10.2. The van der Waals surface area contributed by atoms with E-state index in [4.69, 9.17) is 4.74 Å². The number of hydrogen-bond donors (Lipinski definition) is 1. The Morgan fingerprint density at radius 2 is 2.00 bits per heavy atom. The topological polar surface area (TPSA) is 52.0 Å². The first kappa shape index (κ1) is 15.5. The van der Waals surface area contributed by atoms with Crippen LogP contribution in [0, 0.1) is 0 Å². The third kappa shape index (κ3) is 4.29. The molecule has 5 nitrogen and oxygen atoms in total. The summed E-state index contributed by atoms with van der Waals surface area (Å²) < 4.78 is 7.33. The van der Waals surface area contributed by atoms with E-state index in [-0.39, 0.29) is 6.04 Å². The van der Waals surface area contributed by atoms with Crippen molar-refractivity contribution in [2.45, 2.75) is 32.7 Å². The van der Waals surface area contributed by atoms with Crippen LogP contribution >= 0.6 is 0 Å². The van der Waals surface area contributed by atoms with Gasteiger partial charge in [-0.05, 0) is 37.6 Å². The summed E-state index contributed by atoms with van der Waals surface area (Å²) in [6.45, 7) is 5.84. The zero-order valence-electron chi connectivity index (χ0n) is 13.0. The molecule has 114 valence electrons. The summed E-state index contributed by atoms with van der Waals surface area (Å²) in [4.78, 5) is 4.32. The zero-order chi connectivity index (χ0) is 15.1. The smallest absolute Gasteiger partial charge is 0.138 e. The van der Waals surface area contributed by atoms with E-state index in [0.717, 1.165) is 31.0 Å². The standard InChI is InChI=1S/C16H24N4O/c1-4-10-17-15(11-16-18-12-19-20(16)3)13-6-8-14(9-7-13)21-5-2/h6-9,12,15,17H,4-5,10-11H2,1-3H3. The van der Waals surface area contributed by atoms with Gasteiger partial charge in [-0.1, -0.05) is 19.1 Å². The zero-order valence-corrected chi connectivity index (χ0v) is 13.0. The van der Waals surface area contributed by atoms with Crippen LogP contribution in [0.15, 0.2) is 30.6 Å². The summed E-state index contributed by atoms with van der Waals surface area (Å²) in [6.07, 6.45) is 3.53. The van der Waals surface area contributed by atoms with E-state index in [9.17, 15) is 0 Å². The first-order valence-corrected chi connectivity index (χ1v) is 7.53. The van der Waals surface area contributed by atoms with Crippen LogP contribution in [0.4, 0.5) is 0 Å². The second kappa shape index (κ2) is 7.78. The van der Waals surface area contributed by atoms with Crippen molar-refractivity contribution in [1.82, 2.24) is 20.1 Å². The maximum absolute atomic E-state index is 5.50. The van der Waals surface area contributed by atoms with E-state index in [1.165, 1.54) is 5.56 Å². The normalized spacial score (nSPS) is 12.3. The summed E-state index contributed by atoms with van der Waals surface area (Å²) in [5.74, 6) is 1.90. The molecular weight excluding hydrogens is 264 g/mol. The van der Waals surface area contributed by atoms with Crippen molar-refractivity contribution >= 4 is 0 Å². The Hall–Kier alpha value is -1.88. The number of benzene rings is 1. The molecule has 0 saturated heterocycles. The number of hydrogen-bond acceptors (Lipinski definition) is 4. The molecule has 0 radical (unpaired) electrons. The van der Waals surface area contributed by atoms with E-state index < -0.39 is 0 Å². The molecular formula is C16H24N4O. The van der Waals surface area contributed by atoms with Gasteiger partial charge in [-0.2, -0.15) is 5.10 Å². The van der Waals surface area contributed by atoms with E-state index in [2.05, 4.69) is 34.5 Å². The van der Waals surface area contributed by atoms with Crippen molar-refractivity contribution < 1.29 is 4.74 Å². The van der Waals surface area contributed by atoms with E-state index in [0.29, 0.717) is 6.61 Å². The first-order valence-electron chi connectivity index (χ1n) is 7.53. The van der Waals surface area contributed by atoms with Gasteiger partial charge in [0.25, 0.3) is 0 Å². The van der Waals surface area contributed by atoms with Gasteiger partial charge in [0.05, 0.1) is 6.61 Å². The van der Waals surface area contributed by atoms with Gasteiger partial charge in [-0.15, -0.1) is 0 Å². The van der Waals surface area contributed by atoms with Crippen molar-refractivity contribution in [2.75, 3.05) is 13.2 Å². The van der Waals surface area contributed by atoms with Crippen LogP contribution in [0.5, 0.6) is 5.75 Å². The van der Waals surface area contributed by atoms with Crippen molar-refractivity contribution in [3.63, 3.8) is 0 Å². The van der Waals surface area contributed by atoms with Crippen LogP contribution in [0.2, 0.25) is 0 Å². The van der Waals surface area contributed by atoms with Gasteiger partial charge in [0.15, 0.2) is 0 Å². The number of aryl methyl sites for hydroxylation is 1. The Labute approximate surface area is 126 Å². The van der Waals surface area contributed by atoms with Gasteiger partial charge in [0.1, 0.15) is 17.9 Å². The molecule has 1 unspecified atom stereocenters. The number of rotatable bonds is 8. The Kier molecular flexibility index (Phi) is 5.75. The third-order valence-electron chi connectivity index (χ3n) is 3.43. The predicted molar refractivity (Wildman–Crippen MR) is 83.4 cm³/mol. The highest BCUT2D eigenvalue weighted by atomic mass is 16.5. The van der Waals surface area contributed by atoms with Gasteiger partial charge in [0, 0.05) is 19.5 Å². The monoisotopic (exact) mass is 288 g/mol. The molecule has 1 aromatic carbocycles. The lowest BCUT2D eigenvalue weighted by molar-refractivity contribution is 0.340. The molecule has 21 heavy (non-hydrogen) atoms. The van der Waals surface area contributed by atoms with E-state index >= 15 is 0 Å². The van der Waals surface area contributed by atoms with E-state index in [1.807, 2.05) is 30.8 Å². The summed E-state index contributed by atoms with van der Waals surface area (Å²) in [7, 11) is 1.93. The highest BCUT2D eigenvalue weighted by molar-refractivity contribution is 5.29. The van der Waals surface area contributed by atoms with Gasteiger partial charge in [-0.25, -0.2) is 4.98 Å². The molecule has 0 aliphatic rings. The maximum atomic E-state index is 5.50. The highest BCUT2D eigenvalue weighted by Crippen LogP contribution is 2.20. The molecule has 0 spiro atoms. The van der Waals surface area contributed by atoms with Crippen LogP contribution in [-0.2, 0) is 13.5 Å². The molecule has 2 rings (SSSR count). The van der Waals surface area contributed by atoms with Crippen LogP contribution in [-0.4, -0.2) is 27.9 Å². The molecule has 1 heterocycles. The molecule has 0 aliphatic carbocycles. The molecule has 1 N–H and O–H groups in total. The second-order valence-corrected chi connectivity index (χ2v) is 5.01. The SMILES string of the molecule is CCCNC(Cc1ncnn1C)c1ccc(OCC)cc1. The minimum atomic E-state index is 0.239. The number of nitrogens with zero attached hydrogens (tertiary/aromatic N) is 3. The van der Waals surface area contributed by atoms with Crippen LogP contribution in [0.1, 0.15) is 37.7 Å². The Balaban J connectivity index is 2.12. The molecule has 0 bridgehead atoms. The maximum Gasteiger partial charge on any atom is 0.138 e. The van der Waals surface area contributed by atoms with Crippen LogP contribution < -0.4 is 10.1 Å². The lowest BCUT2D eigenvalue weighted by Gasteiger charge is -2.19. The van der Waals surface area contributed by atoms with Gasteiger partial charge >= 0.3 is 0 Å². The van der Waals surface area contributed by atoms with Gasteiger partial charge in [-0.3, -0.25) is 4.68 Å². The van der Waals surface area contributed by atoms with Crippen molar-refractivity contribution in [3.05, 3.63) is 42.0 Å². The molecule has 5 heteroatoms. The van der Waals surface area contributed by atoms with Crippen molar-refractivity contribution in [1.29, 1.82) is 0 Å². The fourth-order valence-corrected chi connectivity index (χ4v) is 2.28. The van der Waals surface area contributed by atoms with Gasteiger partial charge in [0.2, 0.25) is 0 Å². The largest absolute Gasteiger partial charge is 0.494 e. The summed E-state index contributed by atoms with van der Waals surface area (Å²) in [6, 6.07) is 8.53. The fourth-order valence-electron chi connectivity index (χ4n) is 2.28. The second-order valence-electron chi connectivity index (χ2n) is 5.01. The Morgan fingerprint density at radius 3 is 2.57 bits per heavy atom. The molecule has 0 fully saturated rings. The molecule has 2 aromatic rings. The molecule has 1 atom stereocenters. The number of aromatic nitrogens is 3. The molecule has 0 saturated carbocycles. The van der Waals surface area contributed by atoms with Gasteiger partial charge < -0.3 is 10.1 Å². The lowest BCUT2D eigenvalue weighted by atomic mass is 10.0. The van der Waals surface area contributed by atoms with Crippen molar-refractivity contribution in [2.24, 2.45) is 7.05 Å². The average molecular weight is 288 g/mol. The van der Waals surface area contributed by atoms with E-state index in [1.54, 1.807) is 6.33 Å². The lowest BCUT2D eigenvalue weighted by Crippen LogP contribution is -2.25. The molecule has 0 amide bonds. The molecule has 0 aliphatic heterocycles. The molecule has 1 aromatic heterocycles.